The third-order valence-corrected chi connectivity index (χ3v) is 3.98. The van der Waals surface area contributed by atoms with E-state index in [-0.39, 0.29) is 17.4 Å². The SMILES string of the molecule is CN(CC(N)C([C@H]1CCCOC1)C(C)(C)C)C(=O)O. The summed E-state index contributed by atoms with van der Waals surface area (Å²) in [6.07, 6.45) is 1.26. The maximum atomic E-state index is 10.9. The Hall–Kier alpha value is -0.810. The molecule has 1 aliphatic rings. The summed E-state index contributed by atoms with van der Waals surface area (Å²) < 4.78 is 5.58. The zero-order valence-corrected chi connectivity index (χ0v) is 12.6. The molecule has 1 fully saturated rings. The number of hydrogen-bond donors (Lipinski definition) is 2. The molecular formula is C14H28N2O3. The van der Waals surface area contributed by atoms with Crippen LogP contribution in [0.15, 0.2) is 0 Å². The van der Waals surface area contributed by atoms with Crippen LogP contribution >= 0.6 is 0 Å². The van der Waals surface area contributed by atoms with E-state index in [2.05, 4.69) is 20.8 Å². The van der Waals surface area contributed by atoms with Crippen LogP contribution in [-0.2, 0) is 4.74 Å². The minimum atomic E-state index is -0.928. The van der Waals surface area contributed by atoms with E-state index in [0.29, 0.717) is 12.5 Å². The fourth-order valence-electron chi connectivity index (χ4n) is 3.26. The molecule has 112 valence electrons. The van der Waals surface area contributed by atoms with Gasteiger partial charge in [-0.1, -0.05) is 20.8 Å². The van der Waals surface area contributed by atoms with Gasteiger partial charge in [-0.3, -0.25) is 0 Å². The van der Waals surface area contributed by atoms with Gasteiger partial charge >= 0.3 is 6.09 Å². The Balaban J connectivity index is 2.75. The highest BCUT2D eigenvalue weighted by Gasteiger charge is 2.38. The minimum Gasteiger partial charge on any atom is -0.465 e. The van der Waals surface area contributed by atoms with Crippen molar-refractivity contribution in [1.29, 1.82) is 0 Å². The molecule has 3 N–H and O–H groups in total. The Labute approximate surface area is 116 Å². The highest BCUT2D eigenvalue weighted by Crippen LogP contribution is 2.38. The lowest BCUT2D eigenvalue weighted by molar-refractivity contribution is -0.00930. The van der Waals surface area contributed by atoms with Crippen LogP contribution in [0.3, 0.4) is 0 Å². The predicted octanol–water partition coefficient (Wildman–Crippen LogP) is 2.01. The maximum absolute atomic E-state index is 10.9. The summed E-state index contributed by atoms with van der Waals surface area (Å²) in [5.74, 6) is 0.681. The van der Waals surface area contributed by atoms with Crippen molar-refractivity contribution >= 4 is 6.09 Å². The lowest BCUT2D eigenvalue weighted by Gasteiger charge is -2.43. The molecule has 0 bridgehead atoms. The number of likely N-dealkylation sites (N-methyl/N-ethyl adjacent to an activating group) is 1. The van der Waals surface area contributed by atoms with Crippen LogP contribution in [0.25, 0.3) is 0 Å². The lowest BCUT2D eigenvalue weighted by atomic mass is 9.68. The monoisotopic (exact) mass is 272 g/mol. The van der Waals surface area contributed by atoms with Crippen molar-refractivity contribution in [2.24, 2.45) is 23.0 Å². The van der Waals surface area contributed by atoms with Gasteiger partial charge in [0.1, 0.15) is 0 Å². The van der Waals surface area contributed by atoms with Gasteiger partial charge in [0.2, 0.25) is 0 Å². The Morgan fingerprint density at radius 3 is 2.58 bits per heavy atom. The van der Waals surface area contributed by atoms with Crippen LogP contribution in [0.4, 0.5) is 4.79 Å². The van der Waals surface area contributed by atoms with E-state index in [1.165, 1.54) is 4.90 Å². The lowest BCUT2D eigenvalue weighted by Crippen LogP contribution is -2.51. The van der Waals surface area contributed by atoms with Gasteiger partial charge in [0.25, 0.3) is 0 Å². The molecule has 1 amide bonds. The topological polar surface area (TPSA) is 75.8 Å². The van der Waals surface area contributed by atoms with Crippen LogP contribution in [0.5, 0.6) is 0 Å². The third-order valence-electron chi connectivity index (χ3n) is 3.98. The molecule has 0 aromatic heterocycles. The van der Waals surface area contributed by atoms with Crippen molar-refractivity contribution in [2.75, 3.05) is 26.8 Å². The van der Waals surface area contributed by atoms with Gasteiger partial charge in [-0.25, -0.2) is 4.79 Å². The molecule has 1 rings (SSSR count). The van der Waals surface area contributed by atoms with Crippen molar-refractivity contribution in [3.63, 3.8) is 0 Å². The summed E-state index contributed by atoms with van der Waals surface area (Å²) in [6.45, 7) is 8.46. The standard InChI is InChI=1S/C14H28N2O3/c1-14(2,3)12(10-6-5-7-19-9-10)11(15)8-16(4)13(17)18/h10-12H,5-9,15H2,1-4H3,(H,17,18)/t10-,11?,12?/m0/s1. The second-order valence-corrected chi connectivity index (χ2v) is 6.70. The van der Waals surface area contributed by atoms with Crippen LogP contribution in [0, 0.1) is 17.3 Å². The molecule has 1 saturated heterocycles. The van der Waals surface area contributed by atoms with E-state index in [0.717, 1.165) is 26.1 Å². The number of hydrogen-bond acceptors (Lipinski definition) is 3. The number of nitrogens with zero attached hydrogens (tertiary/aromatic N) is 1. The van der Waals surface area contributed by atoms with Gasteiger partial charge in [-0.05, 0) is 30.1 Å². The molecule has 0 aromatic carbocycles. The second-order valence-electron chi connectivity index (χ2n) is 6.70. The number of ether oxygens (including phenoxy) is 1. The molecule has 5 heteroatoms. The molecule has 0 aromatic rings. The van der Waals surface area contributed by atoms with E-state index in [1.807, 2.05) is 0 Å². The molecule has 0 spiro atoms. The molecule has 19 heavy (non-hydrogen) atoms. The quantitative estimate of drug-likeness (QED) is 0.821. The van der Waals surface area contributed by atoms with E-state index in [9.17, 15) is 4.79 Å². The van der Waals surface area contributed by atoms with Gasteiger partial charge in [-0.15, -0.1) is 0 Å². The van der Waals surface area contributed by atoms with Crippen LogP contribution in [0.2, 0.25) is 0 Å². The normalized spacial score (nSPS) is 23.7. The molecular weight excluding hydrogens is 244 g/mol. The zero-order chi connectivity index (χ0) is 14.6. The van der Waals surface area contributed by atoms with Crippen molar-refractivity contribution < 1.29 is 14.6 Å². The Kier molecular flexibility index (Phi) is 5.62. The number of carboxylic acid groups (broad SMARTS) is 1. The summed E-state index contributed by atoms with van der Waals surface area (Å²) in [7, 11) is 1.57. The van der Waals surface area contributed by atoms with Gasteiger partial charge in [-0.2, -0.15) is 0 Å². The third kappa shape index (κ3) is 4.66. The van der Waals surface area contributed by atoms with E-state index in [1.54, 1.807) is 7.05 Å². The highest BCUT2D eigenvalue weighted by atomic mass is 16.5. The molecule has 2 unspecified atom stereocenters. The van der Waals surface area contributed by atoms with Gasteiger partial charge < -0.3 is 20.5 Å². The van der Waals surface area contributed by atoms with Crippen LogP contribution in [-0.4, -0.2) is 48.9 Å². The molecule has 5 nitrogen and oxygen atoms in total. The first-order chi connectivity index (χ1) is 8.73. The predicted molar refractivity (Wildman–Crippen MR) is 75.1 cm³/mol. The zero-order valence-electron chi connectivity index (χ0n) is 12.6. The Bertz CT molecular complexity index is 296. The van der Waals surface area contributed by atoms with Crippen molar-refractivity contribution in [3.8, 4) is 0 Å². The summed E-state index contributed by atoms with van der Waals surface area (Å²) in [5.41, 5.74) is 6.36. The molecule has 0 aliphatic carbocycles. The molecule has 1 aliphatic heterocycles. The fourth-order valence-corrected chi connectivity index (χ4v) is 3.26. The van der Waals surface area contributed by atoms with Gasteiger partial charge in [0, 0.05) is 32.8 Å². The number of nitrogens with two attached hydrogens (primary N) is 1. The Morgan fingerprint density at radius 2 is 2.16 bits per heavy atom. The summed E-state index contributed by atoms with van der Waals surface area (Å²) in [4.78, 5) is 12.2. The number of carbonyl (C=O) groups is 1. The average molecular weight is 272 g/mol. The molecule has 3 atom stereocenters. The minimum absolute atomic E-state index is 0.0458. The molecule has 1 heterocycles. The first-order valence-electron chi connectivity index (χ1n) is 7.01. The smallest absolute Gasteiger partial charge is 0.407 e. The first-order valence-corrected chi connectivity index (χ1v) is 7.01. The first kappa shape index (κ1) is 16.2. The number of amides is 1. The van der Waals surface area contributed by atoms with E-state index < -0.39 is 6.09 Å². The summed E-state index contributed by atoms with van der Waals surface area (Å²) in [5, 5.41) is 8.97. The summed E-state index contributed by atoms with van der Waals surface area (Å²) in [6, 6.07) is -0.159. The second kappa shape index (κ2) is 6.57. The maximum Gasteiger partial charge on any atom is 0.407 e. The fraction of sp³-hybridized carbons (Fsp3) is 0.929. The van der Waals surface area contributed by atoms with Crippen LogP contribution < -0.4 is 5.73 Å². The van der Waals surface area contributed by atoms with Gasteiger partial charge in [0.15, 0.2) is 0 Å². The van der Waals surface area contributed by atoms with Crippen molar-refractivity contribution in [3.05, 3.63) is 0 Å². The van der Waals surface area contributed by atoms with E-state index in [4.69, 9.17) is 15.6 Å². The molecule has 0 saturated carbocycles. The van der Waals surface area contributed by atoms with Crippen LogP contribution in [0.1, 0.15) is 33.6 Å². The summed E-state index contributed by atoms with van der Waals surface area (Å²) >= 11 is 0. The van der Waals surface area contributed by atoms with Crippen molar-refractivity contribution in [1.82, 2.24) is 4.90 Å². The van der Waals surface area contributed by atoms with Gasteiger partial charge in [0.05, 0.1) is 0 Å². The average Bonchev–Trinajstić information content (AvgIpc) is 2.28. The van der Waals surface area contributed by atoms with E-state index >= 15 is 0 Å². The van der Waals surface area contributed by atoms with Crippen molar-refractivity contribution in [2.45, 2.75) is 39.7 Å². The highest BCUT2D eigenvalue weighted by molar-refractivity contribution is 5.64. The number of rotatable bonds is 4. The molecule has 0 radical (unpaired) electrons. The largest absolute Gasteiger partial charge is 0.465 e. The Morgan fingerprint density at radius 1 is 1.53 bits per heavy atom.